The van der Waals surface area contributed by atoms with Gasteiger partial charge in [-0.2, -0.15) is 0 Å². The highest BCUT2D eigenvalue weighted by atomic mass is 16.7. The number of carbonyl (C=O) groups is 3. The Morgan fingerprint density at radius 2 is 1.45 bits per heavy atom. The van der Waals surface area contributed by atoms with Crippen molar-refractivity contribution in [2.75, 3.05) is 19.8 Å². The van der Waals surface area contributed by atoms with Gasteiger partial charge in [-0.1, -0.05) is 0 Å². The number of benzene rings is 1. The highest BCUT2D eigenvalue weighted by molar-refractivity contribution is 5.91. The zero-order chi connectivity index (χ0) is 22.2. The van der Waals surface area contributed by atoms with E-state index < -0.39 is 63.7 Å². The van der Waals surface area contributed by atoms with Crippen LogP contribution in [0.3, 0.4) is 0 Å². The second-order valence-corrected chi connectivity index (χ2v) is 5.82. The quantitative estimate of drug-likeness (QED) is 0.190. The van der Waals surface area contributed by atoms with E-state index in [2.05, 4.69) is 4.74 Å². The molecule has 29 heavy (non-hydrogen) atoms. The van der Waals surface area contributed by atoms with E-state index in [4.69, 9.17) is 14.2 Å². The van der Waals surface area contributed by atoms with E-state index >= 15 is 0 Å². The number of nitro benzene ring substituents is 2. The second-order valence-electron chi connectivity index (χ2n) is 5.82. The first kappa shape index (κ1) is 23.3. The maximum Gasteiger partial charge on any atom is 0.509 e. The molecule has 0 aliphatic carbocycles. The van der Waals surface area contributed by atoms with Gasteiger partial charge in [0.2, 0.25) is 5.60 Å². The number of nitrogens with zero attached hydrogens (tertiary/aromatic N) is 2. The molecule has 0 fully saturated rings. The Balaban J connectivity index is 2.63. The predicted octanol–water partition coefficient (Wildman–Crippen LogP) is 2.15. The molecule has 13 nitrogen and oxygen atoms in total. The van der Waals surface area contributed by atoms with Gasteiger partial charge in [-0.3, -0.25) is 20.2 Å². The summed E-state index contributed by atoms with van der Waals surface area (Å²) in [5.74, 6) is -2.03. The highest BCUT2D eigenvalue weighted by Crippen LogP contribution is 2.23. The summed E-state index contributed by atoms with van der Waals surface area (Å²) in [6, 6.07) is 2.33. The largest absolute Gasteiger partial charge is 0.509 e. The maximum atomic E-state index is 12.0. The summed E-state index contributed by atoms with van der Waals surface area (Å²) in [5.41, 5.74) is -3.38. The van der Waals surface area contributed by atoms with Crippen molar-refractivity contribution in [2.24, 2.45) is 0 Å². The molecule has 0 aliphatic rings. The average molecular weight is 414 g/mol. The van der Waals surface area contributed by atoms with Crippen LogP contribution in [0.2, 0.25) is 0 Å². The Hall–Kier alpha value is -3.77. The van der Waals surface area contributed by atoms with Crippen molar-refractivity contribution in [3.05, 3.63) is 44.0 Å². The van der Waals surface area contributed by atoms with Crippen LogP contribution in [-0.2, 0) is 23.7 Å². The molecule has 0 aliphatic heterocycles. The lowest BCUT2D eigenvalue weighted by atomic mass is 10.1. The van der Waals surface area contributed by atoms with Gasteiger partial charge in [0.15, 0.2) is 0 Å². The van der Waals surface area contributed by atoms with Crippen LogP contribution in [-0.4, -0.2) is 53.4 Å². The smallest absolute Gasteiger partial charge is 0.459 e. The van der Waals surface area contributed by atoms with E-state index in [1.54, 1.807) is 6.92 Å². The highest BCUT2D eigenvalue weighted by Gasteiger charge is 2.34. The molecule has 0 unspecified atom stereocenters. The van der Waals surface area contributed by atoms with Crippen LogP contribution in [0, 0.1) is 20.2 Å². The van der Waals surface area contributed by atoms with Crippen LogP contribution in [0.15, 0.2) is 18.2 Å². The van der Waals surface area contributed by atoms with Crippen molar-refractivity contribution in [1.29, 1.82) is 0 Å². The molecule has 0 saturated heterocycles. The van der Waals surface area contributed by atoms with Gasteiger partial charge < -0.3 is 18.9 Å². The summed E-state index contributed by atoms with van der Waals surface area (Å²) < 4.78 is 19.0. The van der Waals surface area contributed by atoms with Crippen LogP contribution in [0.4, 0.5) is 16.2 Å². The summed E-state index contributed by atoms with van der Waals surface area (Å²) >= 11 is 0. The third-order valence-electron chi connectivity index (χ3n) is 3.20. The standard InChI is InChI=1S/C16H18N2O11/c1-4-26-15(21)29-16(2,3)14(20)28-6-5-27-13(19)10-7-11(17(22)23)9-12(8-10)18(24)25/h7-9H,4-6H2,1-3H3. The van der Waals surface area contributed by atoms with E-state index in [-0.39, 0.29) is 6.61 Å². The van der Waals surface area contributed by atoms with Crippen LogP contribution < -0.4 is 0 Å². The number of ether oxygens (including phenoxy) is 4. The summed E-state index contributed by atoms with van der Waals surface area (Å²) in [4.78, 5) is 55.0. The van der Waals surface area contributed by atoms with Crippen LogP contribution in [0.25, 0.3) is 0 Å². The fourth-order valence-corrected chi connectivity index (χ4v) is 1.85. The van der Waals surface area contributed by atoms with Crippen molar-refractivity contribution in [3.63, 3.8) is 0 Å². The molecular weight excluding hydrogens is 396 g/mol. The fraction of sp³-hybridized carbons (Fsp3) is 0.438. The van der Waals surface area contributed by atoms with Crippen molar-refractivity contribution in [2.45, 2.75) is 26.4 Å². The van der Waals surface area contributed by atoms with Crippen molar-refractivity contribution in [1.82, 2.24) is 0 Å². The monoisotopic (exact) mass is 414 g/mol. The maximum absolute atomic E-state index is 12.0. The lowest BCUT2D eigenvalue weighted by Crippen LogP contribution is -2.39. The molecule has 13 heteroatoms. The Kier molecular flexibility index (Phi) is 7.99. The van der Waals surface area contributed by atoms with E-state index in [1.807, 2.05) is 0 Å². The van der Waals surface area contributed by atoms with E-state index in [0.717, 1.165) is 12.1 Å². The van der Waals surface area contributed by atoms with Gasteiger partial charge in [0, 0.05) is 12.1 Å². The minimum atomic E-state index is -1.66. The summed E-state index contributed by atoms with van der Waals surface area (Å²) in [7, 11) is 0. The molecule has 1 aromatic rings. The van der Waals surface area contributed by atoms with Gasteiger partial charge in [-0.25, -0.2) is 14.4 Å². The molecule has 0 saturated carbocycles. The normalized spacial score (nSPS) is 10.6. The Labute approximate surface area is 163 Å². The molecule has 0 aromatic heterocycles. The first-order valence-electron chi connectivity index (χ1n) is 8.12. The molecule has 158 valence electrons. The predicted molar refractivity (Wildman–Crippen MR) is 93.2 cm³/mol. The summed E-state index contributed by atoms with van der Waals surface area (Å²) in [6.45, 7) is 3.27. The molecule has 0 spiro atoms. The van der Waals surface area contributed by atoms with Crippen molar-refractivity contribution in [3.8, 4) is 0 Å². The first-order valence-corrected chi connectivity index (χ1v) is 8.12. The van der Waals surface area contributed by atoms with E-state index in [0.29, 0.717) is 6.07 Å². The third-order valence-corrected chi connectivity index (χ3v) is 3.20. The average Bonchev–Trinajstić information content (AvgIpc) is 2.63. The number of hydrogen-bond donors (Lipinski definition) is 0. The van der Waals surface area contributed by atoms with Gasteiger partial charge in [0.05, 0.1) is 28.1 Å². The Morgan fingerprint density at radius 3 is 1.93 bits per heavy atom. The number of hydrogen-bond acceptors (Lipinski definition) is 11. The molecular formula is C16H18N2O11. The molecule has 0 heterocycles. The van der Waals surface area contributed by atoms with Gasteiger partial charge in [-0.05, 0) is 20.8 Å². The molecule has 0 amide bonds. The zero-order valence-corrected chi connectivity index (χ0v) is 15.7. The molecule has 0 N–H and O–H groups in total. The number of rotatable bonds is 9. The minimum absolute atomic E-state index is 0.0513. The van der Waals surface area contributed by atoms with Crippen LogP contribution in [0.5, 0.6) is 0 Å². The fourth-order valence-electron chi connectivity index (χ4n) is 1.85. The molecule has 0 atom stereocenters. The van der Waals surface area contributed by atoms with Crippen molar-refractivity contribution < 1.29 is 43.2 Å². The first-order chi connectivity index (χ1) is 13.5. The minimum Gasteiger partial charge on any atom is -0.459 e. The third kappa shape index (κ3) is 7.04. The van der Waals surface area contributed by atoms with Gasteiger partial charge in [-0.15, -0.1) is 0 Å². The molecule has 0 bridgehead atoms. The topological polar surface area (TPSA) is 174 Å². The van der Waals surface area contributed by atoms with Gasteiger partial charge in [0.1, 0.15) is 13.2 Å². The van der Waals surface area contributed by atoms with E-state index in [9.17, 15) is 34.6 Å². The Morgan fingerprint density at radius 1 is 0.931 bits per heavy atom. The SMILES string of the molecule is CCOC(=O)OC(C)(C)C(=O)OCCOC(=O)c1cc([N+](=O)[O-])cc([N+](=O)[O-])c1. The van der Waals surface area contributed by atoms with Gasteiger partial charge >= 0.3 is 18.1 Å². The number of esters is 2. The second kappa shape index (κ2) is 9.96. The molecule has 0 radical (unpaired) electrons. The lowest BCUT2D eigenvalue weighted by Gasteiger charge is -2.22. The summed E-state index contributed by atoms with van der Waals surface area (Å²) in [5, 5.41) is 21.7. The number of non-ortho nitro benzene ring substituents is 2. The molecule has 1 rings (SSSR count). The van der Waals surface area contributed by atoms with Gasteiger partial charge in [0.25, 0.3) is 11.4 Å². The Bertz CT molecular complexity index is 787. The van der Waals surface area contributed by atoms with E-state index in [1.165, 1.54) is 13.8 Å². The zero-order valence-electron chi connectivity index (χ0n) is 15.7. The summed E-state index contributed by atoms with van der Waals surface area (Å²) in [6.07, 6.45) is -1.06. The van der Waals surface area contributed by atoms with Crippen molar-refractivity contribution >= 4 is 29.5 Å². The lowest BCUT2D eigenvalue weighted by molar-refractivity contribution is -0.394. The number of carbonyl (C=O) groups excluding carboxylic acids is 3. The number of nitro groups is 2. The van der Waals surface area contributed by atoms with Crippen LogP contribution in [0.1, 0.15) is 31.1 Å². The molecule has 1 aromatic carbocycles. The van der Waals surface area contributed by atoms with Crippen LogP contribution >= 0.6 is 0 Å².